The highest BCUT2D eigenvalue weighted by molar-refractivity contribution is 5.94. The summed E-state index contributed by atoms with van der Waals surface area (Å²) >= 11 is 0. The van der Waals surface area contributed by atoms with Crippen LogP contribution >= 0.6 is 0 Å². The van der Waals surface area contributed by atoms with Crippen LogP contribution < -0.4 is 4.74 Å². The van der Waals surface area contributed by atoms with Crippen LogP contribution in [0.25, 0.3) is 0 Å². The van der Waals surface area contributed by atoms with Crippen LogP contribution in [-0.4, -0.2) is 31.0 Å². The Kier molecular flexibility index (Phi) is 11.8. The molecule has 1 aromatic rings. The lowest BCUT2D eigenvalue weighted by atomic mass is 10.1. The van der Waals surface area contributed by atoms with E-state index < -0.39 is 0 Å². The minimum atomic E-state index is 0.143. The molecule has 0 spiro atoms. The van der Waals surface area contributed by atoms with Crippen LogP contribution in [0.4, 0.5) is 0 Å². The van der Waals surface area contributed by atoms with Crippen molar-refractivity contribution < 1.29 is 9.53 Å². The number of unbranched alkanes of at least 4 members (excludes halogenated alkanes) is 8. The first kappa shape index (κ1) is 21.5. The zero-order valence-electron chi connectivity index (χ0n) is 16.6. The Labute approximate surface area is 154 Å². The lowest BCUT2D eigenvalue weighted by Crippen LogP contribution is -2.33. The van der Waals surface area contributed by atoms with Gasteiger partial charge in [0.05, 0.1) is 7.11 Å². The van der Waals surface area contributed by atoms with E-state index >= 15 is 0 Å². The molecule has 0 fully saturated rings. The molecule has 3 heteroatoms. The largest absolute Gasteiger partial charge is 0.497 e. The number of benzene rings is 1. The molecule has 0 saturated carbocycles. The third-order valence-corrected chi connectivity index (χ3v) is 4.67. The van der Waals surface area contributed by atoms with Crippen molar-refractivity contribution in [2.75, 3.05) is 20.2 Å². The molecule has 0 aliphatic carbocycles. The van der Waals surface area contributed by atoms with Gasteiger partial charge in [-0.05, 0) is 31.0 Å². The highest BCUT2D eigenvalue weighted by Crippen LogP contribution is 2.16. The van der Waals surface area contributed by atoms with Crippen molar-refractivity contribution in [3.05, 3.63) is 29.8 Å². The molecule has 0 aromatic heterocycles. The summed E-state index contributed by atoms with van der Waals surface area (Å²) in [5.74, 6) is 0.890. The molecule has 0 heterocycles. The molecule has 0 N–H and O–H groups in total. The van der Waals surface area contributed by atoms with Gasteiger partial charge in [0.25, 0.3) is 5.91 Å². The monoisotopic (exact) mass is 347 g/mol. The van der Waals surface area contributed by atoms with Crippen molar-refractivity contribution in [1.82, 2.24) is 4.90 Å². The summed E-state index contributed by atoms with van der Waals surface area (Å²) in [6, 6.07) is 7.53. The molecule has 3 nitrogen and oxygen atoms in total. The van der Waals surface area contributed by atoms with Crippen LogP contribution in [0.3, 0.4) is 0 Å². The van der Waals surface area contributed by atoms with Gasteiger partial charge in [-0.3, -0.25) is 4.79 Å². The summed E-state index contributed by atoms with van der Waals surface area (Å²) in [4.78, 5) is 15.0. The third-order valence-electron chi connectivity index (χ3n) is 4.67. The second kappa shape index (κ2) is 13.7. The predicted molar refractivity (Wildman–Crippen MR) is 106 cm³/mol. The van der Waals surface area contributed by atoms with Gasteiger partial charge in [-0.25, -0.2) is 0 Å². The number of carbonyl (C=O) groups excluding carboxylic acids is 1. The lowest BCUT2D eigenvalue weighted by Gasteiger charge is -2.23. The maximum absolute atomic E-state index is 12.9. The Bertz CT molecular complexity index is 459. The van der Waals surface area contributed by atoms with Gasteiger partial charge in [0.1, 0.15) is 5.75 Å². The first-order valence-electron chi connectivity index (χ1n) is 10.2. The van der Waals surface area contributed by atoms with Crippen LogP contribution in [0.5, 0.6) is 5.75 Å². The normalized spacial score (nSPS) is 10.7. The van der Waals surface area contributed by atoms with Gasteiger partial charge in [0.15, 0.2) is 0 Å². The van der Waals surface area contributed by atoms with Gasteiger partial charge in [-0.15, -0.1) is 0 Å². The van der Waals surface area contributed by atoms with Crippen LogP contribution in [0.2, 0.25) is 0 Å². The Morgan fingerprint density at radius 3 is 1.96 bits per heavy atom. The Morgan fingerprint density at radius 2 is 1.44 bits per heavy atom. The quantitative estimate of drug-likeness (QED) is 0.382. The number of ether oxygens (including phenoxy) is 1. The maximum Gasteiger partial charge on any atom is 0.253 e. The van der Waals surface area contributed by atoms with E-state index in [1.165, 1.54) is 51.4 Å². The SMILES string of the molecule is CCCCCCCN(CCCCCCC)C(=O)c1cccc(OC)c1. The summed E-state index contributed by atoms with van der Waals surface area (Å²) in [5.41, 5.74) is 0.737. The van der Waals surface area contributed by atoms with Crippen molar-refractivity contribution in [3.8, 4) is 5.75 Å². The van der Waals surface area contributed by atoms with Gasteiger partial charge in [0, 0.05) is 18.7 Å². The predicted octanol–water partition coefficient (Wildman–Crippen LogP) is 6.08. The van der Waals surface area contributed by atoms with Gasteiger partial charge in [-0.1, -0.05) is 71.3 Å². The maximum atomic E-state index is 12.9. The fourth-order valence-electron chi connectivity index (χ4n) is 3.07. The number of carbonyl (C=O) groups is 1. The van der Waals surface area contributed by atoms with Gasteiger partial charge in [-0.2, -0.15) is 0 Å². The van der Waals surface area contributed by atoms with E-state index in [9.17, 15) is 4.79 Å². The van der Waals surface area contributed by atoms with E-state index in [2.05, 4.69) is 13.8 Å². The topological polar surface area (TPSA) is 29.5 Å². The number of rotatable bonds is 14. The summed E-state index contributed by atoms with van der Waals surface area (Å²) in [5, 5.41) is 0. The molecular formula is C22H37NO2. The van der Waals surface area contributed by atoms with E-state index in [-0.39, 0.29) is 5.91 Å². The lowest BCUT2D eigenvalue weighted by molar-refractivity contribution is 0.0749. The van der Waals surface area contributed by atoms with Crippen LogP contribution in [-0.2, 0) is 0 Å². The number of hydrogen-bond acceptors (Lipinski definition) is 2. The van der Waals surface area contributed by atoms with Crippen LogP contribution in [0.1, 0.15) is 88.4 Å². The second-order valence-corrected chi connectivity index (χ2v) is 6.85. The molecule has 25 heavy (non-hydrogen) atoms. The number of nitrogens with zero attached hydrogens (tertiary/aromatic N) is 1. The first-order chi connectivity index (χ1) is 12.2. The smallest absolute Gasteiger partial charge is 0.253 e. The number of methoxy groups -OCH3 is 1. The fraction of sp³-hybridized carbons (Fsp3) is 0.682. The number of hydrogen-bond donors (Lipinski definition) is 0. The summed E-state index contributed by atoms with van der Waals surface area (Å²) in [6.07, 6.45) is 12.3. The molecule has 1 amide bonds. The van der Waals surface area contributed by atoms with Crippen molar-refractivity contribution >= 4 is 5.91 Å². The second-order valence-electron chi connectivity index (χ2n) is 6.85. The zero-order chi connectivity index (χ0) is 18.3. The zero-order valence-corrected chi connectivity index (χ0v) is 16.6. The molecule has 142 valence electrons. The standard InChI is InChI=1S/C22H37NO2/c1-4-6-8-10-12-17-23(18-13-11-9-7-5-2)22(24)20-15-14-16-21(19-20)25-3/h14-16,19H,4-13,17-18H2,1-3H3. The molecule has 0 atom stereocenters. The molecule has 0 saturated heterocycles. The highest BCUT2D eigenvalue weighted by Gasteiger charge is 2.15. The fourth-order valence-corrected chi connectivity index (χ4v) is 3.07. The van der Waals surface area contributed by atoms with E-state index in [0.29, 0.717) is 0 Å². The van der Waals surface area contributed by atoms with E-state index in [1.54, 1.807) is 7.11 Å². The van der Waals surface area contributed by atoms with Gasteiger partial charge in [0.2, 0.25) is 0 Å². The molecule has 0 unspecified atom stereocenters. The minimum absolute atomic E-state index is 0.143. The summed E-state index contributed by atoms with van der Waals surface area (Å²) in [7, 11) is 1.64. The molecule has 1 aromatic carbocycles. The van der Waals surface area contributed by atoms with Crippen LogP contribution in [0.15, 0.2) is 24.3 Å². The van der Waals surface area contributed by atoms with Crippen LogP contribution in [0, 0.1) is 0 Å². The molecule has 0 aliphatic heterocycles. The minimum Gasteiger partial charge on any atom is -0.497 e. The highest BCUT2D eigenvalue weighted by atomic mass is 16.5. The molecule has 0 bridgehead atoms. The molecule has 0 radical (unpaired) electrons. The average molecular weight is 348 g/mol. The summed E-state index contributed by atoms with van der Waals surface area (Å²) in [6.45, 7) is 6.20. The van der Waals surface area contributed by atoms with Crippen molar-refractivity contribution in [2.24, 2.45) is 0 Å². The van der Waals surface area contributed by atoms with Crippen molar-refractivity contribution in [3.63, 3.8) is 0 Å². The van der Waals surface area contributed by atoms with Gasteiger partial charge < -0.3 is 9.64 Å². The van der Waals surface area contributed by atoms with E-state index in [4.69, 9.17) is 4.74 Å². The average Bonchev–Trinajstić information content (AvgIpc) is 2.65. The Hall–Kier alpha value is -1.51. The van der Waals surface area contributed by atoms with Crippen molar-refractivity contribution in [1.29, 1.82) is 0 Å². The third kappa shape index (κ3) is 8.94. The van der Waals surface area contributed by atoms with E-state index in [1.807, 2.05) is 29.2 Å². The Morgan fingerprint density at radius 1 is 0.880 bits per heavy atom. The number of amides is 1. The summed E-state index contributed by atoms with van der Waals surface area (Å²) < 4.78 is 5.26. The Balaban J connectivity index is 2.58. The van der Waals surface area contributed by atoms with Gasteiger partial charge >= 0.3 is 0 Å². The van der Waals surface area contributed by atoms with E-state index in [0.717, 1.165) is 37.2 Å². The molecule has 1 rings (SSSR count). The molecule has 0 aliphatic rings. The van der Waals surface area contributed by atoms with Crippen molar-refractivity contribution in [2.45, 2.75) is 78.1 Å². The first-order valence-corrected chi connectivity index (χ1v) is 10.2. The molecular weight excluding hydrogens is 310 g/mol.